The third-order valence-corrected chi connectivity index (χ3v) is 4.08. The van der Waals surface area contributed by atoms with Gasteiger partial charge < -0.3 is 15.4 Å². The Balaban J connectivity index is 0.00000242. The molecule has 6 heteroatoms. The maximum Gasteiger partial charge on any atom is 0.239 e. The molecule has 0 aromatic heterocycles. The Kier molecular flexibility index (Phi) is 7.79. The third-order valence-electron chi connectivity index (χ3n) is 4.08. The van der Waals surface area contributed by atoms with Crippen molar-refractivity contribution >= 4 is 18.3 Å². The van der Waals surface area contributed by atoms with Crippen molar-refractivity contribution in [1.82, 2.24) is 4.90 Å². The Morgan fingerprint density at radius 3 is 2.55 bits per heavy atom. The molecule has 1 saturated heterocycles. The predicted octanol–water partition coefficient (Wildman–Crippen LogP) is 2.00. The van der Waals surface area contributed by atoms with E-state index in [1.54, 1.807) is 24.1 Å². The van der Waals surface area contributed by atoms with E-state index in [4.69, 9.17) is 10.5 Å². The Bertz CT molecular complexity index is 464. The molecule has 1 heterocycles. The van der Waals surface area contributed by atoms with Gasteiger partial charge >= 0.3 is 0 Å². The van der Waals surface area contributed by atoms with Crippen molar-refractivity contribution in [2.45, 2.75) is 25.3 Å². The van der Waals surface area contributed by atoms with Gasteiger partial charge in [0.1, 0.15) is 5.82 Å². The molecule has 1 aromatic carbocycles. The number of halogens is 2. The second-order valence-corrected chi connectivity index (χ2v) is 5.61. The highest BCUT2D eigenvalue weighted by atomic mass is 35.5. The number of amides is 1. The van der Waals surface area contributed by atoms with Crippen molar-refractivity contribution in [3.63, 3.8) is 0 Å². The Labute approximate surface area is 137 Å². The third kappa shape index (κ3) is 5.23. The van der Waals surface area contributed by atoms with Crippen molar-refractivity contribution in [1.29, 1.82) is 0 Å². The van der Waals surface area contributed by atoms with Crippen LogP contribution in [0.4, 0.5) is 4.39 Å². The monoisotopic (exact) mass is 330 g/mol. The Morgan fingerprint density at radius 2 is 1.95 bits per heavy atom. The van der Waals surface area contributed by atoms with E-state index in [1.807, 2.05) is 0 Å². The van der Waals surface area contributed by atoms with Gasteiger partial charge in [-0.05, 0) is 42.9 Å². The van der Waals surface area contributed by atoms with Crippen molar-refractivity contribution in [2.75, 3.05) is 26.8 Å². The average Bonchev–Trinajstić information content (AvgIpc) is 2.53. The number of carbonyl (C=O) groups is 1. The second-order valence-electron chi connectivity index (χ2n) is 5.61. The van der Waals surface area contributed by atoms with Crippen molar-refractivity contribution in [2.24, 2.45) is 11.7 Å². The minimum Gasteiger partial charge on any atom is -0.381 e. The van der Waals surface area contributed by atoms with Gasteiger partial charge in [-0.3, -0.25) is 4.79 Å². The van der Waals surface area contributed by atoms with Gasteiger partial charge in [-0.2, -0.15) is 0 Å². The highest BCUT2D eigenvalue weighted by Crippen LogP contribution is 2.18. The van der Waals surface area contributed by atoms with Crippen LogP contribution in [-0.2, 0) is 16.0 Å². The van der Waals surface area contributed by atoms with Gasteiger partial charge in [0.15, 0.2) is 0 Å². The quantitative estimate of drug-likeness (QED) is 0.898. The first-order valence-corrected chi connectivity index (χ1v) is 7.40. The molecule has 0 bridgehead atoms. The summed E-state index contributed by atoms with van der Waals surface area (Å²) >= 11 is 0. The van der Waals surface area contributed by atoms with E-state index in [0.29, 0.717) is 26.2 Å². The number of hydrogen-bond donors (Lipinski definition) is 1. The minimum absolute atomic E-state index is 0. The molecule has 4 nitrogen and oxygen atoms in total. The number of hydrogen-bond acceptors (Lipinski definition) is 3. The average molecular weight is 331 g/mol. The lowest BCUT2D eigenvalue weighted by molar-refractivity contribution is -0.133. The van der Waals surface area contributed by atoms with Crippen LogP contribution < -0.4 is 5.73 Å². The molecule has 22 heavy (non-hydrogen) atoms. The summed E-state index contributed by atoms with van der Waals surface area (Å²) in [5.74, 6) is -0.0618. The van der Waals surface area contributed by atoms with Crippen LogP contribution in [0.25, 0.3) is 0 Å². The largest absolute Gasteiger partial charge is 0.381 e. The lowest BCUT2D eigenvalue weighted by Gasteiger charge is -2.29. The maximum absolute atomic E-state index is 12.8. The fourth-order valence-corrected chi connectivity index (χ4v) is 2.59. The summed E-state index contributed by atoms with van der Waals surface area (Å²) in [6, 6.07) is 5.90. The lowest BCUT2D eigenvalue weighted by Crippen LogP contribution is -2.48. The first-order chi connectivity index (χ1) is 10.1. The van der Waals surface area contributed by atoms with E-state index in [2.05, 4.69) is 0 Å². The molecule has 0 saturated carbocycles. The second kappa shape index (κ2) is 9.08. The van der Waals surface area contributed by atoms with Crippen LogP contribution >= 0.6 is 12.4 Å². The van der Waals surface area contributed by atoms with Gasteiger partial charge in [0.05, 0.1) is 6.04 Å². The Hall–Kier alpha value is -1.17. The van der Waals surface area contributed by atoms with Crippen LogP contribution in [-0.4, -0.2) is 43.7 Å². The number of ether oxygens (including phenoxy) is 1. The van der Waals surface area contributed by atoms with Gasteiger partial charge in [0.2, 0.25) is 5.91 Å². The number of benzene rings is 1. The van der Waals surface area contributed by atoms with E-state index in [9.17, 15) is 9.18 Å². The van der Waals surface area contributed by atoms with Crippen LogP contribution in [0.15, 0.2) is 24.3 Å². The first kappa shape index (κ1) is 18.9. The molecular weight excluding hydrogens is 307 g/mol. The summed E-state index contributed by atoms with van der Waals surface area (Å²) < 4.78 is 18.1. The highest BCUT2D eigenvalue weighted by molar-refractivity contribution is 5.85. The molecule has 0 spiro atoms. The van der Waals surface area contributed by atoms with Gasteiger partial charge in [0.25, 0.3) is 0 Å². The van der Waals surface area contributed by atoms with Gasteiger partial charge in [-0.15, -0.1) is 12.4 Å². The van der Waals surface area contributed by atoms with Crippen LogP contribution in [0.5, 0.6) is 0 Å². The lowest BCUT2D eigenvalue weighted by atomic mass is 9.91. The van der Waals surface area contributed by atoms with Crippen molar-refractivity contribution < 1.29 is 13.9 Å². The maximum atomic E-state index is 12.8. The number of likely N-dealkylation sites (N-methyl/N-ethyl adjacent to an activating group) is 1. The number of nitrogens with zero attached hydrogens (tertiary/aromatic N) is 1. The molecule has 0 radical (unpaired) electrons. The summed E-state index contributed by atoms with van der Waals surface area (Å²) in [5, 5.41) is 0. The van der Waals surface area contributed by atoms with Gasteiger partial charge in [-0.1, -0.05) is 12.1 Å². The standard InChI is InChI=1S/C16H23FN2O2.ClH/c1-19(9-6-12-2-4-14(17)5-3-12)16(20)15(18)13-7-10-21-11-8-13;/h2-5,13,15H,6-11,18H2,1H3;1H. The molecule has 124 valence electrons. The van der Waals surface area contributed by atoms with Crippen LogP contribution in [0.3, 0.4) is 0 Å². The SMILES string of the molecule is CN(CCc1ccc(F)cc1)C(=O)C(N)C1CCOCC1.Cl. The van der Waals surface area contributed by atoms with E-state index >= 15 is 0 Å². The number of carbonyl (C=O) groups excluding carboxylic acids is 1. The molecule has 0 aliphatic carbocycles. The van der Waals surface area contributed by atoms with Crippen LogP contribution in [0.2, 0.25) is 0 Å². The number of rotatable bonds is 5. The van der Waals surface area contributed by atoms with E-state index in [1.165, 1.54) is 12.1 Å². The zero-order chi connectivity index (χ0) is 15.2. The molecular formula is C16H24ClFN2O2. The molecule has 1 atom stereocenters. The fourth-order valence-electron chi connectivity index (χ4n) is 2.59. The normalized spacial score (nSPS) is 16.7. The smallest absolute Gasteiger partial charge is 0.239 e. The molecule has 1 unspecified atom stereocenters. The van der Waals surface area contributed by atoms with Gasteiger partial charge in [0, 0.05) is 26.8 Å². The van der Waals surface area contributed by atoms with Crippen molar-refractivity contribution in [3.05, 3.63) is 35.6 Å². The van der Waals surface area contributed by atoms with Crippen LogP contribution in [0.1, 0.15) is 18.4 Å². The highest BCUT2D eigenvalue weighted by Gasteiger charge is 2.28. The van der Waals surface area contributed by atoms with E-state index < -0.39 is 6.04 Å². The van der Waals surface area contributed by atoms with Gasteiger partial charge in [-0.25, -0.2) is 4.39 Å². The molecule has 1 aliphatic rings. The minimum atomic E-state index is -0.452. The van der Waals surface area contributed by atoms with E-state index in [0.717, 1.165) is 18.4 Å². The summed E-state index contributed by atoms with van der Waals surface area (Å²) in [6.45, 7) is 1.96. The first-order valence-electron chi connectivity index (χ1n) is 7.40. The fraction of sp³-hybridized carbons (Fsp3) is 0.562. The predicted molar refractivity (Wildman–Crippen MR) is 86.5 cm³/mol. The summed E-state index contributed by atoms with van der Waals surface area (Å²) in [6.07, 6.45) is 2.39. The summed E-state index contributed by atoms with van der Waals surface area (Å²) in [7, 11) is 1.77. The molecule has 1 aromatic rings. The molecule has 1 amide bonds. The van der Waals surface area contributed by atoms with Crippen molar-refractivity contribution in [3.8, 4) is 0 Å². The van der Waals surface area contributed by atoms with Crippen LogP contribution in [0, 0.1) is 11.7 Å². The molecule has 2 rings (SSSR count). The molecule has 2 N–H and O–H groups in total. The zero-order valence-corrected chi connectivity index (χ0v) is 13.7. The summed E-state index contributed by atoms with van der Waals surface area (Å²) in [5.41, 5.74) is 7.10. The Morgan fingerprint density at radius 1 is 1.36 bits per heavy atom. The zero-order valence-electron chi connectivity index (χ0n) is 12.8. The van der Waals surface area contributed by atoms with E-state index in [-0.39, 0.29) is 30.0 Å². The molecule has 1 fully saturated rings. The molecule has 1 aliphatic heterocycles. The summed E-state index contributed by atoms with van der Waals surface area (Å²) in [4.78, 5) is 14.0. The number of nitrogens with two attached hydrogens (primary N) is 1. The topological polar surface area (TPSA) is 55.6 Å².